The number of oxazole rings is 1. The van der Waals surface area contributed by atoms with Gasteiger partial charge in [0.25, 0.3) is 0 Å². The average molecular weight is 273 g/mol. The molecular weight excluding hydrogens is 254 g/mol. The van der Waals surface area contributed by atoms with Crippen molar-refractivity contribution in [3.63, 3.8) is 0 Å². The third-order valence-electron chi connectivity index (χ3n) is 3.68. The van der Waals surface area contributed by atoms with Gasteiger partial charge in [-0.25, -0.2) is 4.98 Å². The van der Waals surface area contributed by atoms with Crippen LogP contribution in [0.2, 0.25) is 0 Å². The minimum absolute atomic E-state index is 0.0172. The number of rotatable bonds is 4. The highest BCUT2D eigenvalue weighted by Gasteiger charge is 2.15. The van der Waals surface area contributed by atoms with Crippen LogP contribution in [0.5, 0.6) is 0 Å². The van der Waals surface area contributed by atoms with Gasteiger partial charge in [-0.1, -0.05) is 12.8 Å². The topological polar surface area (TPSA) is 67.2 Å². The number of carbonyl (C=O) groups is 1. The average Bonchev–Trinajstić information content (AvgIpc) is 3.04. The fourth-order valence-electron chi connectivity index (χ4n) is 2.69. The Kier molecular flexibility index (Phi) is 3.69. The van der Waals surface area contributed by atoms with E-state index in [1.165, 1.54) is 25.7 Å². The Labute approximate surface area is 117 Å². The molecule has 0 unspecified atom stereocenters. The van der Waals surface area contributed by atoms with E-state index in [0.717, 1.165) is 16.8 Å². The Morgan fingerprint density at radius 1 is 1.40 bits per heavy atom. The van der Waals surface area contributed by atoms with Crippen molar-refractivity contribution in [2.24, 2.45) is 0 Å². The number of aromatic nitrogens is 1. The van der Waals surface area contributed by atoms with Gasteiger partial charge < -0.3 is 15.1 Å². The molecule has 0 atom stereocenters. The molecule has 1 aromatic carbocycles. The van der Waals surface area contributed by atoms with Crippen molar-refractivity contribution in [3.8, 4) is 0 Å². The van der Waals surface area contributed by atoms with E-state index in [1.807, 2.05) is 25.1 Å². The molecule has 20 heavy (non-hydrogen) atoms. The van der Waals surface area contributed by atoms with Crippen molar-refractivity contribution in [1.82, 2.24) is 10.3 Å². The summed E-state index contributed by atoms with van der Waals surface area (Å²) in [6.45, 7) is 2.17. The Bertz CT molecular complexity index is 615. The molecule has 1 aliphatic carbocycles. The molecule has 1 aliphatic rings. The minimum Gasteiger partial charge on any atom is -0.441 e. The summed E-state index contributed by atoms with van der Waals surface area (Å²) in [5, 5.41) is 6.18. The molecule has 2 N–H and O–H groups in total. The first-order chi connectivity index (χ1) is 9.70. The van der Waals surface area contributed by atoms with Crippen LogP contribution in [0.3, 0.4) is 0 Å². The van der Waals surface area contributed by atoms with Crippen LogP contribution in [0.25, 0.3) is 11.1 Å². The number of carbonyl (C=O) groups excluding carboxylic acids is 1. The molecule has 5 heteroatoms. The third-order valence-corrected chi connectivity index (χ3v) is 3.68. The monoisotopic (exact) mass is 273 g/mol. The van der Waals surface area contributed by atoms with Crippen molar-refractivity contribution in [1.29, 1.82) is 0 Å². The SMILES string of the molecule is Cc1nc2cc(NC(=O)CNC3CCCC3)ccc2o1. The second-order valence-corrected chi connectivity index (χ2v) is 5.33. The first-order valence-electron chi connectivity index (χ1n) is 7.11. The maximum Gasteiger partial charge on any atom is 0.238 e. The number of aryl methyl sites for hydroxylation is 1. The quantitative estimate of drug-likeness (QED) is 0.898. The van der Waals surface area contributed by atoms with E-state index in [9.17, 15) is 4.79 Å². The van der Waals surface area contributed by atoms with Crippen LogP contribution in [0.1, 0.15) is 31.6 Å². The summed E-state index contributed by atoms with van der Waals surface area (Å²) in [4.78, 5) is 16.1. The Balaban J connectivity index is 1.58. The zero-order chi connectivity index (χ0) is 13.9. The van der Waals surface area contributed by atoms with Gasteiger partial charge in [0.05, 0.1) is 6.54 Å². The summed E-state index contributed by atoms with van der Waals surface area (Å²) in [5.41, 5.74) is 2.26. The van der Waals surface area contributed by atoms with Gasteiger partial charge in [-0.05, 0) is 31.0 Å². The molecule has 1 aromatic heterocycles. The zero-order valence-electron chi connectivity index (χ0n) is 11.6. The lowest BCUT2D eigenvalue weighted by Gasteiger charge is -2.11. The second-order valence-electron chi connectivity index (χ2n) is 5.33. The molecule has 1 saturated carbocycles. The molecule has 106 valence electrons. The maximum atomic E-state index is 11.9. The molecule has 0 spiro atoms. The van der Waals surface area contributed by atoms with Crippen LogP contribution in [0.4, 0.5) is 5.69 Å². The lowest BCUT2D eigenvalue weighted by molar-refractivity contribution is -0.115. The van der Waals surface area contributed by atoms with E-state index in [-0.39, 0.29) is 5.91 Å². The highest BCUT2D eigenvalue weighted by Crippen LogP contribution is 2.20. The molecule has 0 aliphatic heterocycles. The summed E-state index contributed by atoms with van der Waals surface area (Å²) in [6, 6.07) is 6.00. The standard InChI is InChI=1S/C15H19N3O2/c1-10-17-13-8-12(6-7-14(13)20-10)18-15(19)9-16-11-4-2-3-5-11/h6-8,11,16H,2-5,9H2,1H3,(H,18,19). The molecule has 0 bridgehead atoms. The lowest BCUT2D eigenvalue weighted by atomic mass is 10.2. The smallest absolute Gasteiger partial charge is 0.238 e. The van der Waals surface area contributed by atoms with Crippen LogP contribution in [0.15, 0.2) is 22.6 Å². The highest BCUT2D eigenvalue weighted by atomic mass is 16.3. The van der Waals surface area contributed by atoms with Gasteiger partial charge in [0.2, 0.25) is 5.91 Å². The Hall–Kier alpha value is -1.88. The van der Waals surface area contributed by atoms with Gasteiger partial charge in [-0.15, -0.1) is 0 Å². The molecule has 3 rings (SSSR count). The zero-order valence-corrected chi connectivity index (χ0v) is 11.6. The summed E-state index contributed by atoms with van der Waals surface area (Å²) < 4.78 is 5.41. The third kappa shape index (κ3) is 2.99. The van der Waals surface area contributed by atoms with Crippen molar-refractivity contribution < 1.29 is 9.21 Å². The van der Waals surface area contributed by atoms with E-state index < -0.39 is 0 Å². The summed E-state index contributed by atoms with van der Waals surface area (Å²) in [7, 11) is 0. The summed E-state index contributed by atoms with van der Waals surface area (Å²) in [5.74, 6) is 0.614. The second kappa shape index (κ2) is 5.63. The van der Waals surface area contributed by atoms with Crippen molar-refractivity contribution >= 4 is 22.7 Å². The number of hydrogen-bond donors (Lipinski definition) is 2. The van der Waals surface area contributed by atoms with Gasteiger partial charge in [-0.3, -0.25) is 4.79 Å². The summed E-state index contributed by atoms with van der Waals surface area (Å²) >= 11 is 0. The van der Waals surface area contributed by atoms with Crippen molar-refractivity contribution in [3.05, 3.63) is 24.1 Å². The molecule has 1 amide bonds. The predicted molar refractivity (Wildman–Crippen MR) is 77.6 cm³/mol. The molecule has 1 fully saturated rings. The largest absolute Gasteiger partial charge is 0.441 e. The fraction of sp³-hybridized carbons (Fsp3) is 0.467. The Morgan fingerprint density at radius 3 is 3.00 bits per heavy atom. The van der Waals surface area contributed by atoms with Crippen LogP contribution in [-0.4, -0.2) is 23.5 Å². The number of benzene rings is 1. The van der Waals surface area contributed by atoms with E-state index in [2.05, 4.69) is 15.6 Å². The van der Waals surface area contributed by atoms with Gasteiger partial charge in [0.15, 0.2) is 11.5 Å². The number of anilines is 1. The molecule has 0 saturated heterocycles. The van der Waals surface area contributed by atoms with Gasteiger partial charge in [-0.2, -0.15) is 0 Å². The highest BCUT2D eigenvalue weighted by molar-refractivity contribution is 5.94. The first kappa shape index (κ1) is 13.1. The van der Waals surface area contributed by atoms with Crippen LogP contribution >= 0.6 is 0 Å². The fourth-order valence-corrected chi connectivity index (χ4v) is 2.69. The molecular formula is C15H19N3O2. The maximum absolute atomic E-state index is 11.9. The van der Waals surface area contributed by atoms with Crippen LogP contribution in [0, 0.1) is 6.92 Å². The van der Waals surface area contributed by atoms with Crippen LogP contribution < -0.4 is 10.6 Å². The molecule has 2 aromatic rings. The number of hydrogen-bond acceptors (Lipinski definition) is 4. The van der Waals surface area contributed by atoms with E-state index in [0.29, 0.717) is 18.5 Å². The van der Waals surface area contributed by atoms with E-state index in [1.54, 1.807) is 0 Å². The number of nitrogens with zero attached hydrogens (tertiary/aromatic N) is 1. The number of amides is 1. The van der Waals surface area contributed by atoms with Crippen molar-refractivity contribution in [2.45, 2.75) is 38.6 Å². The van der Waals surface area contributed by atoms with Gasteiger partial charge in [0, 0.05) is 18.7 Å². The predicted octanol–water partition coefficient (Wildman–Crippen LogP) is 2.61. The van der Waals surface area contributed by atoms with Gasteiger partial charge >= 0.3 is 0 Å². The van der Waals surface area contributed by atoms with Crippen molar-refractivity contribution in [2.75, 3.05) is 11.9 Å². The number of fused-ring (bicyclic) bond motifs is 1. The summed E-state index contributed by atoms with van der Waals surface area (Å²) in [6.07, 6.45) is 4.89. The molecule has 5 nitrogen and oxygen atoms in total. The van der Waals surface area contributed by atoms with E-state index in [4.69, 9.17) is 4.42 Å². The normalized spacial score (nSPS) is 15.8. The van der Waals surface area contributed by atoms with Crippen LogP contribution in [-0.2, 0) is 4.79 Å². The molecule has 0 radical (unpaired) electrons. The Morgan fingerprint density at radius 2 is 2.20 bits per heavy atom. The number of nitrogens with one attached hydrogen (secondary N) is 2. The van der Waals surface area contributed by atoms with E-state index >= 15 is 0 Å². The minimum atomic E-state index is -0.0172. The molecule has 1 heterocycles. The first-order valence-corrected chi connectivity index (χ1v) is 7.11. The van der Waals surface area contributed by atoms with Gasteiger partial charge in [0.1, 0.15) is 5.52 Å². The lowest BCUT2D eigenvalue weighted by Crippen LogP contribution is -2.34.